The Balaban J connectivity index is 1.76. The number of anilines is 1. The first-order valence-electron chi connectivity index (χ1n) is 7.19. The summed E-state index contributed by atoms with van der Waals surface area (Å²) in [4.78, 5) is 12.8. The van der Waals surface area contributed by atoms with Crippen molar-refractivity contribution < 1.29 is 13.9 Å². The maximum atomic E-state index is 12.8. The number of benzene rings is 2. The molecule has 0 saturated heterocycles. The van der Waals surface area contributed by atoms with Crippen LogP contribution in [0.2, 0.25) is 0 Å². The van der Waals surface area contributed by atoms with Crippen LogP contribution in [0, 0.1) is 6.92 Å². The average Bonchev–Trinajstić information content (AvgIpc) is 2.97. The summed E-state index contributed by atoms with van der Waals surface area (Å²) in [6, 6.07) is 15.1. The summed E-state index contributed by atoms with van der Waals surface area (Å²) < 4.78 is 11.1. The van der Waals surface area contributed by atoms with E-state index in [-0.39, 0.29) is 11.9 Å². The summed E-state index contributed by atoms with van der Waals surface area (Å²) in [5, 5.41) is 10.2. The number of ether oxygens (including phenoxy) is 1. The third-order valence-corrected chi connectivity index (χ3v) is 3.70. The fourth-order valence-electron chi connectivity index (χ4n) is 2.72. The van der Waals surface area contributed by atoms with Gasteiger partial charge in [0.2, 0.25) is 11.8 Å². The minimum atomic E-state index is -0.497. The number of nitrogens with one attached hydrogen (secondary N) is 1. The van der Waals surface area contributed by atoms with Gasteiger partial charge < -0.3 is 9.15 Å². The maximum absolute atomic E-state index is 12.8. The van der Waals surface area contributed by atoms with Gasteiger partial charge in [-0.1, -0.05) is 41.5 Å². The molecule has 1 aliphatic heterocycles. The molecule has 1 aliphatic rings. The van der Waals surface area contributed by atoms with Gasteiger partial charge in [0.15, 0.2) is 0 Å². The molecule has 23 heavy (non-hydrogen) atoms. The number of hydrogen-bond acceptors (Lipinski definition) is 5. The molecular weight excluding hydrogens is 294 g/mol. The molecule has 1 amide bonds. The summed E-state index contributed by atoms with van der Waals surface area (Å²) in [5.41, 5.74) is 1.61. The van der Waals surface area contributed by atoms with Crippen molar-refractivity contribution in [3.63, 3.8) is 0 Å². The Hall–Kier alpha value is -3.15. The molecular formula is C17H13N3O3. The Morgan fingerprint density at radius 2 is 1.61 bits per heavy atom. The van der Waals surface area contributed by atoms with Crippen LogP contribution in [0.5, 0.6) is 11.5 Å². The molecule has 0 saturated carbocycles. The lowest BCUT2D eigenvalue weighted by Gasteiger charge is -2.26. The third kappa shape index (κ3) is 2.34. The van der Waals surface area contributed by atoms with E-state index < -0.39 is 5.92 Å². The van der Waals surface area contributed by atoms with E-state index in [2.05, 4.69) is 15.5 Å². The van der Waals surface area contributed by atoms with E-state index in [0.29, 0.717) is 17.4 Å². The van der Waals surface area contributed by atoms with Crippen molar-refractivity contribution >= 4 is 11.9 Å². The van der Waals surface area contributed by atoms with E-state index in [1.165, 1.54) is 0 Å². The van der Waals surface area contributed by atoms with Gasteiger partial charge in [-0.25, -0.2) is 0 Å². The summed E-state index contributed by atoms with van der Waals surface area (Å²) >= 11 is 0. The Morgan fingerprint density at radius 1 is 1.00 bits per heavy atom. The van der Waals surface area contributed by atoms with Crippen LogP contribution in [-0.4, -0.2) is 16.1 Å². The highest BCUT2D eigenvalue weighted by atomic mass is 16.5. The van der Waals surface area contributed by atoms with Crippen LogP contribution in [0.25, 0.3) is 0 Å². The molecule has 0 unspecified atom stereocenters. The van der Waals surface area contributed by atoms with Gasteiger partial charge in [0.1, 0.15) is 11.5 Å². The van der Waals surface area contributed by atoms with E-state index in [0.717, 1.165) is 11.1 Å². The molecule has 0 atom stereocenters. The zero-order chi connectivity index (χ0) is 15.8. The van der Waals surface area contributed by atoms with E-state index in [4.69, 9.17) is 9.15 Å². The molecule has 0 fully saturated rings. The molecule has 0 radical (unpaired) electrons. The summed E-state index contributed by atoms with van der Waals surface area (Å²) in [6.45, 7) is 1.67. The van der Waals surface area contributed by atoms with Crippen molar-refractivity contribution in [3.05, 3.63) is 65.5 Å². The van der Waals surface area contributed by atoms with E-state index in [9.17, 15) is 4.79 Å². The quantitative estimate of drug-likeness (QED) is 0.786. The molecule has 3 aromatic rings. The van der Waals surface area contributed by atoms with Gasteiger partial charge in [0.25, 0.3) is 0 Å². The Morgan fingerprint density at radius 3 is 2.17 bits per heavy atom. The molecule has 0 bridgehead atoms. The Bertz CT molecular complexity index is 843. The molecule has 2 heterocycles. The van der Waals surface area contributed by atoms with E-state index in [1.54, 1.807) is 6.92 Å². The summed E-state index contributed by atoms with van der Waals surface area (Å²) in [7, 11) is 0. The lowest BCUT2D eigenvalue weighted by Crippen LogP contribution is -2.25. The molecule has 1 N–H and O–H groups in total. The zero-order valence-corrected chi connectivity index (χ0v) is 12.3. The van der Waals surface area contributed by atoms with Crippen molar-refractivity contribution in [1.29, 1.82) is 0 Å². The van der Waals surface area contributed by atoms with Gasteiger partial charge in [-0.15, -0.1) is 5.10 Å². The number of carbonyl (C=O) groups is 1. The fourth-order valence-corrected chi connectivity index (χ4v) is 2.72. The van der Waals surface area contributed by atoms with Crippen molar-refractivity contribution in [2.45, 2.75) is 12.8 Å². The predicted molar refractivity (Wildman–Crippen MR) is 82.5 cm³/mol. The maximum Gasteiger partial charge on any atom is 0.322 e. The normalized spacial score (nSPS) is 12.9. The van der Waals surface area contributed by atoms with Crippen LogP contribution in [0.1, 0.15) is 22.9 Å². The number of para-hydroxylation sites is 2. The van der Waals surface area contributed by atoms with Crippen molar-refractivity contribution in [2.75, 3.05) is 5.32 Å². The van der Waals surface area contributed by atoms with Crippen molar-refractivity contribution in [2.24, 2.45) is 0 Å². The topological polar surface area (TPSA) is 77.2 Å². The molecule has 4 rings (SSSR count). The predicted octanol–water partition coefficient (Wildman–Crippen LogP) is 3.25. The minimum absolute atomic E-state index is 0.0916. The van der Waals surface area contributed by atoms with Gasteiger partial charge in [-0.3, -0.25) is 10.1 Å². The standard InChI is InChI=1S/C17H13N3O3/c1-10-19-20-17(22-10)18-16(21)15-11-6-2-4-8-13(11)23-14-9-5-3-7-12(14)15/h2-9,15H,1H3,(H,18,20,21). The number of rotatable bonds is 2. The fraction of sp³-hybridized carbons (Fsp3) is 0.118. The molecule has 1 aromatic heterocycles. The van der Waals surface area contributed by atoms with Crippen molar-refractivity contribution in [3.8, 4) is 11.5 Å². The van der Waals surface area contributed by atoms with Gasteiger partial charge in [-0.2, -0.15) is 0 Å². The largest absolute Gasteiger partial charge is 0.457 e. The Kier molecular flexibility index (Phi) is 3.08. The number of aryl methyl sites for hydroxylation is 1. The first kappa shape index (κ1) is 13.5. The van der Waals surface area contributed by atoms with Gasteiger partial charge in [0, 0.05) is 18.1 Å². The second-order valence-corrected chi connectivity index (χ2v) is 5.23. The minimum Gasteiger partial charge on any atom is -0.457 e. The number of nitrogens with zero attached hydrogens (tertiary/aromatic N) is 2. The van der Waals surface area contributed by atoms with Gasteiger partial charge in [-0.05, 0) is 12.1 Å². The average molecular weight is 307 g/mol. The number of hydrogen-bond donors (Lipinski definition) is 1. The molecule has 0 spiro atoms. The number of fused-ring (bicyclic) bond motifs is 2. The van der Waals surface area contributed by atoms with Crippen LogP contribution >= 0.6 is 0 Å². The first-order valence-corrected chi connectivity index (χ1v) is 7.19. The smallest absolute Gasteiger partial charge is 0.322 e. The number of amides is 1. The molecule has 0 aliphatic carbocycles. The van der Waals surface area contributed by atoms with Crippen LogP contribution in [0.3, 0.4) is 0 Å². The highest BCUT2D eigenvalue weighted by Crippen LogP contribution is 2.44. The van der Waals surface area contributed by atoms with Crippen LogP contribution < -0.4 is 10.1 Å². The van der Waals surface area contributed by atoms with Gasteiger partial charge in [0.05, 0.1) is 5.92 Å². The Labute approximate surface area is 132 Å². The third-order valence-electron chi connectivity index (χ3n) is 3.70. The molecule has 114 valence electrons. The highest BCUT2D eigenvalue weighted by molar-refractivity contribution is 5.98. The molecule has 6 heteroatoms. The lowest BCUT2D eigenvalue weighted by atomic mass is 9.87. The van der Waals surface area contributed by atoms with E-state index in [1.807, 2.05) is 48.5 Å². The first-order chi connectivity index (χ1) is 11.2. The highest BCUT2D eigenvalue weighted by Gasteiger charge is 2.33. The molecule has 2 aromatic carbocycles. The summed E-state index contributed by atoms with van der Waals surface area (Å²) in [5.74, 6) is 1.01. The van der Waals surface area contributed by atoms with Gasteiger partial charge >= 0.3 is 6.01 Å². The summed E-state index contributed by atoms with van der Waals surface area (Å²) in [6.07, 6.45) is 0. The monoisotopic (exact) mass is 307 g/mol. The van der Waals surface area contributed by atoms with Crippen LogP contribution in [0.15, 0.2) is 52.9 Å². The van der Waals surface area contributed by atoms with Crippen LogP contribution in [-0.2, 0) is 4.79 Å². The van der Waals surface area contributed by atoms with Crippen molar-refractivity contribution in [1.82, 2.24) is 10.2 Å². The second kappa shape index (κ2) is 5.24. The molecule has 6 nitrogen and oxygen atoms in total. The number of aromatic nitrogens is 2. The lowest BCUT2D eigenvalue weighted by molar-refractivity contribution is -0.117. The number of carbonyl (C=O) groups excluding carboxylic acids is 1. The zero-order valence-electron chi connectivity index (χ0n) is 12.3. The SMILES string of the molecule is Cc1nnc(NC(=O)C2c3ccccc3Oc3ccccc32)o1. The van der Waals surface area contributed by atoms with Crippen LogP contribution in [0.4, 0.5) is 6.01 Å². The van der Waals surface area contributed by atoms with E-state index >= 15 is 0 Å². The second-order valence-electron chi connectivity index (χ2n) is 5.23.